The lowest BCUT2D eigenvalue weighted by molar-refractivity contribution is 0.390. The van der Waals surface area contributed by atoms with Gasteiger partial charge in [-0.1, -0.05) is 23.2 Å². The molecule has 1 aromatic heterocycles. The van der Waals surface area contributed by atoms with Crippen molar-refractivity contribution in [3.63, 3.8) is 0 Å². The molecule has 0 saturated carbocycles. The zero-order valence-corrected chi connectivity index (χ0v) is 13.0. The van der Waals surface area contributed by atoms with Gasteiger partial charge in [0, 0.05) is 30.9 Å². The summed E-state index contributed by atoms with van der Waals surface area (Å²) in [5, 5.41) is 3.26. The van der Waals surface area contributed by atoms with Crippen LogP contribution in [0.15, 0.2) is 11.1 Å². The highest BCUT2D eigenvalue weighted by Gasteiger charge is 2.37. The third-order valence-corrected chi connectivity index (χ3v) is 5.68. The highest BCUT2D eigenvalue weighted by molar-refractivity contribution is 7.92. The largest absolute Gasteiger partial charge is 0.308 e. The minimum Gasteiger partial charge on any atom is -0.308 e. The van der Waals surface area contributed by atoms with Crippen LogP contribution in [0.5, 0.6) is 0 Å². The normalized spacial score (nSPS) is 20.8. The lowest BCUT2D eigenvalue weighted by Crippen LogP contribution is -2.30. The molecule has 1 aromatic rings. The number of pyridine rings is 1. The minimum absolute atomic E-state index is 0.00248. The van der Waals surface area contributed by atoms with Crippen molar-refractivity contribution < 1.29 is 8.42 Å². The smallest absolute Gasteiger partial charge is 0.182 e. The first kappa shape index (κ1) is 15.0. The maximum atomic E-state index is 12.1. The number of likely N-dealkylation sites (N-methyl/N-ethyl adjacent to an activating group) is 1. The van der Waals surface area contributed by atoms with E-state index in [4.69, 9.17) is 23.2 Å². The molecule has 0 radical (unpaired) electrons. The standard InChI is InChI=1S/C11H15Cl2N3O2S/c1-16(2)4-3-14-8-6-19(17,18)10-7(8)5-15-11(13)9(10)12/h5,8,14H,3-4,6H2,1-2H3. The highest BCUT2D eigenvalue weighted by Crippen LogP contribution is 2.40. The van der Waals surface area contributed by atoms with E-state index in [0.717, 1.165) is 6.54 Å². The van der Waals surface area contributed by atoms with Crippen LogP contribution < -0.4 is 5.32 Å². The molecule has 0 saturated heterocycles. The number of fused-ring (bicyclic) bond motifs is 1. The third-order valence-electron chi connectivity index (χ3n) is 2.98. The summed E-state index contributed by atoms with van der Waals surface area (Å²) in [4.78, 5) is 6.07. The molecule has 19 heavy (non-hydrogen) atoms. The molecule has 1 N–H and O–H groups in total. The third kappa shape index (κ3) is 3.03. The second-order valence-corrected chi connectivity index (χ2v) is 7.45. The van der Waals surface area contributed by atoms with Gasteiger partial charge in [0.2, 0.25) is 0 Å². The van der Waals surface area contributed by atoms with Crippen LogP contribution in [0.1, 0.15) is 11.6 Å². The molecule has 5 nitrogen and oxygen atoms in total. The number of sulfone groups is 1. The molecule has 1 aliphatic rings. The van der Waals surface area contributed by atoms with E-state index in [1.165, 1.54) is 6.20 Å². The van der Waals surface area contributed by atoms with Gasteiger partial charge in [0.15, 0.2) is 9.84 Å². The Kier molecular flexibility index (Phi) is 4.37. The Morgan fingerprint density at radius 1 is 1.47 bits per heavy atom. The molecule has 0 amide bonds. The van der Waals surface area contributed by atoms with Crippen LogP contribution in [0.2, 0.25) is 10.2 Å². The van der Waals surface area contributed by atoms with Crippen molar-refractivity contribution in [2.24, 2.45) is 0 Å². The van der Waals surface area contributed by atoms with Crippen LogP contribution in [0.4, 0.5) is 0 Å². The van der Waals surface area contributed by atoms with Gasteiger partial charge < -0.3 is 10.2 Å². The molecule has 1 unspecified atom stereocenters. The van der Waals surface area contributed by atoms with Gasteiger partial charge in [0.25, 0.3) is 0 Å². The fourth-order valence-corrected chi connectivity index (χ4v) is 4.59. The summed E-state index contributed by atoms with van der Waals surface area (Å²) in [7, 11) is 0.524. The van der Waals surface area contributed by atoms with E-state index >= 15 is 0 Å². The lowest BCUT2D eigenvalue weighted by Gasteiger charge is -2.15. The van der Waals surface area contributed by atoms with Gasteiger partial charge in [-0.3, -0.25) is 0 Å². The zero-order chi connectivity index (χ0) is 14.2. The van der Waals surface area contributed by atoms with Crippen LogP contribution >= 0.6 is 23.2 Å². The fourth-order valence-electron chi connectivity index (χ4n) is 2.05. The number of halogens is 2. The quantitative estimate of drug-likeness (QED) is 0.848. The summed E-state index contributed by atoms with van der Waals surface area (Å²) in [6, 6.07) is -0.276. The van der Waals surface area contributed by atoms with Crippen LogP contribution in [0, 0.1) is 0 Å². The van der Waals surface area contributed by atoms with E-state index in [1.54, 1.807) is 0 Å². The molecule has 106 valence electrons. The Bertz CT molecular complexity index is 590. The summed E-state index contributed by atoms with van der Waals surface area (Å²) in [6.45, 7) is 1.51. The number of hydrogen-bond donors (Lipinski definition) is 1. The summed E-state index contributed by atoms with van der Waals surface area (Å²) in [5.74, 6) is -0.00248. The SMILES string of the molecule is CN(C)CCNC1CS(=O)(=O)c2c1cnc(Cl)c2Cl. The first-order valence-electron chi connectivity index (χ1n) is 5.77. The van der Waals surface area contributed by atoms with E-state index < -0.39 is 9.84 Å². The highest BCUT2D eigenvalue weighted by atomic mass is 35.5. The first-order chi connectivity index (χ1) is 8.83. The Balaban J connectivity index is 2.28. The number of hydrogen-bond acceptors (Lipinski definition) is 5. The van der Waals surface area contributed by atoms with Crippen LogP contribution in [0.3, 0.4) is 0 Å². The minimum atomic E-state index is -3.39. The Morgan fingerprint density at radius 3 is 2.79 bits per heavy atom. The Morgan fingerprint density at radius 2 is 2.16 bits per heavy atom. The van der Waals surface area contributed by atoms with Gasteiger partial charge in [0.05, 0.1) is 15.7 Å². The van der Waals surface area contributed by atoms with E-state index in [2.05, 4.69) is 10.3 Å². The average Bonchev–Trinajstić information content (AvgIpc) is 2.55. The topological polar surface area (TPSA) is 62.3 Å². The predicted octanol–water partition coefficient (Wildman–Crippen LogP) is 1.37. The summed E-state index contributed by atoms with van der Waals surface area (Å²) < 4.78 is 24.2. The second-order valence-electron chi connectivity index (χ2n) is 4.74. The summed E-state index contributed by atoms with van der Waals surface area (Å²) in [5.41, 5.74) is 0.605. The van der Waals surface area contributed by atoms with E-state index in [1.807, 2.05) is 19.0 Å². The average molecular weight is 324 g/mol. The molecule has 0 aliphatic carbocycles. The molecule has 8 heteroatoms. The van der Waals surface area contributed by atoms with E-state index in [9.17, 15) is 8.42 Å². The van der Waals surface area contributed by atoms with Gasteiger partial charge in [-0.05, 0) is 14.1 Å². The monoisotopic (exact) mass is 323 g/mol. The molecule has 0 bridgehead atoms. The number of nitrogens with one attached hydrogen (secondary N) is 1. The molecule has 2 heterocycles. The number of aromatic nitrogens is 1. The van der Waals surface area contributed by atoms with Crippen molar-refractivity contribution in [3.8, 4) is 0 Å². The van der Waals surface area contributed by atoms with Gasteiger partial charge >= 0.3 is 0 Å². The van der Waals surface area contributed by atoms with Crippen molar-refractivity contribution in [1.82, 2.24) is 15.2 Å². The number of nitrogens with zero attached hydrogens (tertiary/aromatic N) is 2. The molecule has 1 atom stereocenters. The van der Waals surface area contributed by atoms with Gasteiger partial charge in [0.1, 0.15) is 5.15 Å². The summed E-state index contributed by atoms with van der Waals surface area (Å²) in [6.07, 6.45) is 1.49. The first-order valence-corrected chi connectivity index (χ1v) is 8.18. The Hall–Kier alpha value is -0.400. The molecule has 2 rings (SSSR count). The van der Waals surface area contributed by atoms with Crippen molar-refractivity contribution in [2.45, 2.75) is 10.9 Å². The van der Waals surface area contributed by atoms with Gasteiger partial charge in [-0.25, -0.2) is 13.4 Å². The van der Waals surface area contributed by atoms with Gasteiger partial charge in [-0.15, -0.1) is 0 Å². The van der Waals surface area contributed by atoms with E-state index in [0.29, 0.717) is 12.1 Å². The maximum Gasteiger partial charge on any atom is 0.182 e. The predicted molar refractivity (Wildman–Crippen MR) is 75.6 cm³/mol. The number of rotatable bonds is 4. The van der Waals surface area contributed by atoms with Crippen LogP contribution in [0.25, 0.3) is 0 Å². The van der Waals surface area contributed by atoms with Crippen molar-refractivity contribution in [3.05, 3.63) is 21.9 Å². The van der Waals surface area contributed by atoms with Crippen molar-refractivity contribution in [1.29, 1.82) is 0 Å². The molecule has 0 fully saturated rings. The molecular formula is C11H15Cl2N3O2S. The zero-order valence-electron chi connectivity index (χ0n) is 10.7. The van der Waals surface area contributed by atoms with Gasteiger partial charge in [-0.2, -0.15) is 0 Å². The van der Waals surface area contributed by atoms with Crippen molar-refractivity contribution in [2.75, 3.05) is 32.9 Å². The fraction of sp³-hybridized carbons (Fsp3) is 0.545. The molecule has 0 spiro atoms. The van der Waals surface area contributed by atoms with Crippen molar-refractivity contribution >= 4 is 33.0 Å². The maximum absolute atomic E-state index is 12.1. The van der Waals surface area contributed by atoms with Crippen LogP contribution in [-0.4, -0.2) is 51.2 Å². The molecule has 1 aliphatic heterocycles. The summed E-state index contributed by atoms with van der Waals surface area (Å²) >= 11 is 11.7. The molecule has 0 aromatic carbocycles. The second kappa shape index (κ2) is 5.54. The molecular weight excluding hydrogens is 309 g/mol. The Labute approximate surface area is 122 Å². The van der Waals surface area contributed by atoms with E-state index in [-0.39, 0.29) is 26.9 Å². The van der Waals surface area contributed by atoms with Crippen LogP contribution in [-0.2, 0) is 9.84 Å². The lowest BCUT2D eigenvalue weighted by atomic mass is 10.1.